The number of rotatable bonds is 10. The van der Waals surface area contributed by atoms with Crippen LogP contribution in [0.5, 0.6) is 11.5 Å². The molecule has 5 rings (SSSR count). The highest BCUT2D eigenvalue weighted by molar-refractivity contribution is 6.01. The Hall–Kier alpha value is -4.91. The predicted molar refractivity (Wildman–Crippen MR) is 167 cm³/mol. The van der Waals surface area contributed by atoms with Gasteiger partial charge in [-0.25, -0.2) is 9.97 Å². The number of benzene rings is 3. The lowest BCUT2D eigenvalue weighted by atomic mass is 10.0. The molecule has 46 heavy (non-hydrogen) atoms. The van der Waals surface area contributed by atoms with Crippen molar-refractivity contribution in [1.29, 1.82) is 0 Å². The topological polar surface area (TPSA) is 100 Å². The summed E-state index contributed by atoms with van der Waals surface area (Å²) >= 11 is 0. The maximum atomic E-state index is 13.4. The number of piperazine rings is 1. The average molecular weight is 637 g/mol. The van der Waals surface area contributed by atoms with Gasteiger partial charge in [0.1, 0.15) is 36.3 Å². The van der Waals surface area contributed by atoms with Crippen LogP contribution in [0, 0.1) is 0 Å². The molecule has 0 aliphatic carbocycles. The summed E-state index contributed by atoms with van der Waals surface area (Å²) in [6.45, 7) is 3.66. The molecule has 1 fully saturated rings. The molecule has 2 amide bonds. The number of carbonyl (C=O) groups excluding carboxylic acids is 2. The van der Waals surface area contributed by atoms with Gasteiger partial charge in [0.15, 0.2) is 0 Å². The van der Waals surface area contributed by atoms with E-state index in [0.29, 0.717) is 22.4 Å². The van der Waals surface area contributed by atoms with Crippen LogP contribution in [0.3, 0.4) is 0 Å². The molecule has 4 aromatic rings. The van der Waals surface area contributed by atoms with E-state index < -0.39 is 18.3 Å². The molecule has 1 atom stereocenters. The van der Waals surface area contributed by atoms with E-state index in [1.807, 2.05) is 12.1 Å². The van der Waals surface area contributed by atoms with Crippen molar-refractivity contribution in [2.45, 2.75) is 25.4 Å². The van der Waals surface area contributed by atoms with Crippen LogP contribution in [0.2, 0.25) is 0 Å². The minimum atomic E-state index is -4.76. The molecule has 1 aromatic heterocycles. The molecule has 1 N–H and O–H groups in total. The van der Waals surface area contributed by atoms with Gasteiger partial charge >= 0.3 is 6.36 Å². The SMILES string of the molecule is CN1CCN(c2ncnc3cc(C(=O)NC(Cc4cccc(OCc5ccc(OC(F)(F)F)cc5)c4)C(=O)N(C)C)ccc23)CC1. The third kappa shape index (κ3) is 8.42. The van der Waals surface area contributed by atoms with E-state index in [4.69, 9.17) is 4.74 Å². The fourth-order valence-corrected chi connectivity index (χ4v) is 5.16. The fourth-order valence-electron chi connectivity index (χ4n) is 5.16. The number of alkyl halides is 3. The van der Waals surface area contributed by atoms with Crippen molar-refractivity contribution in [3.05, 3.63) is 89.7 Å². The number of ether oxygens (including phenoxy) is 2. The summed E-state index contributed by atoms with van der Waals surface area (Å²) in [5.74, 6) is 0.332. The second-order valence-corrected chi connectivity index (χ2v) is 11.3. The normalized spacial score (nSPS) is 14.5. The van der Waals surface area contributed by atoms with Crippen molar-refractivity contribution in [2.24, 2.45) is 0 Å². The van der Waals surface area contributed by atoms with Crippen LogP contribution in [0.1, 0.15) is 21.5 Å². The predicted octanol–water partition coefficient (Wildman–Crippen LogP) is 4.29. The minimum absolute atomic E-state index is 0.106. The molecule has 242 valence electrons. The number of hydrogen-bond donors (Lipinski definition) is 1. The van der Waals surface area contributed by atoms with Crippen LogP contribution < -0.4 is 19.7 Å². The van der Waals surface area contributed by atoms with Gasteiger partial charge in [-0.2, -0.15) is 0 Å². The Morgan fingerprint density at radius 2 is 1.67 bits per heavy atom. The van der Waals surface area contributed by atoms with E-state index >= 15 is 0 Å². The summed E-state index contributed by atoms with van der Waals surface area (Å²) in [5, 5.41) is 3.74. The summed E-state index contributed by atoms with van der Waals surface area (Å²) in [6, 6.07) is 16.9. The Labute approximate surface area is 264 Å². The highest BCUT2D eigenvalue weighted by atomic mass is 19.4. The van der Waals surface area contributed by atoms with Crippen LogP contribution in [-0.2, 0) is 17.8 Å². The lowest BCUT2D eigenvalue weighted by Crippen LogP contribution is -2.47. The molecule has 1 aliphatic heterocycles. The van der Waals surface area contributed by atoms with Gasteiger partial charge in [-0.15, -0.1) is 13.2 Å². The lowest BCUT2D eigenvalue weighted by molar-refractivity contribution is -0.274. The van der Waals surface area contributed by atoms with Crippen molar-refractivity contribution >= 4 is 28.5 Å². The number of anilines is 1. The van der Waals surface area contributed by atoms with Crippen LogP contribution in [0.15, 0.2) is 73.1 Å². The number of amides is 2. The Kier molecular flexibility index (Phi) is 9.90. The maximum Gasteiger partial charge on any atom is 0.573 e. The zero-order valence-electron chi connectivity index (χ0n) is 25.8. The number of nitrogens with one attached hydrogen (secondary N) is 1. The highest BCUT2D eigenvalue weighted by Crippen LogP contribution is 2.26. The van der Waals surface area contributed by atoms with Gasteiger partial charge in [0.25, 0.3) is 5.91 Å². The van der Waals surface area contributed by atoms with Gasteiger partial charge in [-0.1, -0.05) is 24.3 Å². The molecule has 1 aliphatic rings. The number of nitrogens with zero attached hydrogens (tertiary/aromatic N) is 5. The molecule has 10 nitrogen and oxygen atoms in total. The van der Waals surface area contributed by atoms with Crippen LogP contribution in [-0.4, -0.2) is 91.3 Å². The first kappa shape index (κ1) is 32.5. The Bertz CT molecular complexity index is 1670. The molecule has 1 unspecified atom stereocenters. The van der Waals surface area contributed by atoms with Crippen molar-refractivity contribution in [2.75, 3.05) is 52.2 Å². The van der Waals surface area contributed by atoms with Gasteiger partial charge in [-0.3, -0.25) is 9.59 Å². The van der Waals surface area contributed by atoms with E-state index in [0.717, 1.165) is 42.9 Å². The quantitative estimate of drug-likeness (QED) is 0.275. The molecule has 13 heteroatoms. The van der Waals surface area contributed by atoms with Crippen LogP contribution in [0.25, 0.3) is 10.9 Å². The first-order chi connectivity index (χ1) is 21.9. The number of aromatic nitrogens is 2. The first-order valence-electron chi connectivity index (χ1n) is 14.7. The van der Waals surface area contributed by atoms with Gasteiger partial charge in [0, 0.05) is 57.6 Å². The monoisotopic (exact) mass is 636 g/mol. The van der Waals surface area contributed by atoms with E-state index in [1.54, 1.807) is 44.4 Å². The molecule has 2 heterocycles. The first-order valence-corrected chi connectivity index (χ1v) is 14.7. The molecule has 3 aromatic carbocycles. The lowest BCUT2D eigenvalue weighted by Gasteiger charge is -2.33. The summed E-state index contributed by atoms with van der Waals surface area (Å²) in [4.78, 5) is 41.4. The molecule has 0 bridgehead atoms. The van der Waals surface area contributed by atoms with Crippen LogP contribution in [0.4, 0.5) is 19.0 Å². The van der Waals surface area contributed by atoms with E-state index in [1.165, 1.54) is 35.5 Å². The fraction of sp³-hybridized carbons (Fsp3) is 0.333. The molecular weight excluding hydrogens is 601 g/mol. The Morgan fingerprint density at radius 1 is 0.935 bits per heavy atom. The number of hydrogen-bond acceptors (Lipinski definition) is 8. The molecule has 1 saturated heterocycles. The molecule has 0 saturated carbocycles. The summed E-state index contributed by atoms with van der Waals surface area (Å²) in [7, 11) is 5.34. The third-order valence-electron chi connectivity index (χ3n) is 7.63. The summed E-state index contributed by atoms with van der Waals surface area (Å²) in [5.41, 5.74) is 2.40. The van der Waals surface area contributed by atoms with E-state index in [2.05, 4.69) is 36.9 Å². The molecule has 0 radical (unpaired) electrons. The number of carbonyl (C=O) groups is 2. The maximum absolute atomic E-state index is 13.4. The van der Waals surface area contributed by atoms with Gasteiger partial charge < -0.3 is 29.5 Å². The van der Waals surface area contributed by atoms with Crippen molar-refractivity contribution in [3.8, 4) is 11.5 Å². The highest BCUT2D eigenvalue weighted by Gasteiger charge is 2.31. The van der Waals surface area contributed by atoms with Gasteiger partial charge in [-0.05, 0) is 60.6 Å². The molecular formula is C33H35F3N6O4. The van der Waals surface area contributed by atoms with E-state index in [9.17, 15) is 22.8 Å². The summed E-state index contributed by atoms with van der Waals surface area (Å²) < 4.78 is 47.0. The van der Waals surface area contributed by atoms with Crippen molar-refractivity contribution in [3.63, 3.8) is 0 Å². The number of fused-ring (bicyclic) bond motifs is 1. The van der Waals surface area contributed by atoms with Crippen molar-refractivity contribution < 1.29 is 32.2 Å². The largest absolute Gasteiger partial charge is 0.573 e. The summed E-state index contributed by atoms with van der Waals surface area (Å²) in [6.07, 6.45) is -3.06. The minimum Gasteiger partial charge on any atom is -0.489 e. The number of halogens is 3. The van der Waals surface area contributed by atoms with Gasteiger partial charge in [0.2, 0.25) is 5.91 Å². The zero-order valence-corrected chi connectivity index (χ0v) is 25.8. The molecule has 0 spiro atoms. The second-order valence-electron chi connectivity index (χ2n) is 11.3. The van der Waals surface area contributed by atoms with Crippen molar-refractivity contribution in [1.82, 2.24) is 25.1 Å². The van der Waals surface area contributed by atoms with E-state index in [-0.39, 0.29) is 24.7 Å². The standard InChI is InChI=1S/C33H35F3N6O4/c1-40(2)32(44)29(18-23-5-4-6-26(17-23)45-20-22-7-10-25(11-8-22)46-33(34,35)36)39-31(43)24-9-12-27-28(19-24)37-21-38-30(27)42-15-13-41(3)14-16-42/h4-12,17,19,21,29H,13-16,18,20H2,1-3H3,(H,39,43). The average Bonchev–Trinajstić information content (AvgIpc) is 3.03. The van der Waals surface area contributed by atoms with Crippen LogP contribution >= 0.6 is 0 Å². The van der Waals surface area contributed by atoms with Gasteiger partial charge in [0.05, 0.1) is 5.52 Å². The smallest absolute Gasteiger partial charge is 0.489 e. The third-order valence-corrected chi connectivity index (χ3v) is 7.63. The zero-order chi connectivity index (χ0) is 32.8. The Morgan fingerprint density at radius 3 is 2.37 bits per heavy atom. The Balaban J connectivity index is 1.26. The number of likely N-dealkylation sites (N-methyl/N-ethyl adjacent to an activating group) is 2. The second kappa shape index (κ2) is 14.0.